The van der Waals surface area contributed by atoms with E-state index in [1.165, 1.54) is 23.1 Å². The summed E-state index contributed by atoms with van der Waals surface area (Å²) in [5, 5.41) is 3.94. The minimum Gasteiger partial charge on any atom is -0.351 e. The van der Waals surface area contributed by atoms with Crippen molar-refractivity contribution >= 4 is 35.0 Å². The van der Waals surface area contributed by atoms with E-state index in [0.717, 1.165) is 15.6 Å². The molecule has 0 aliphatic rings. The van der Waals surface area contributed by atoms with Crippen LogP contribution < -0.4 is 11.1 Å². The van der Waals surface area contributed by atoms with Gasteiger partial charge in [0.05, 0.1) is 11.4 Å². The van der Waals surface area contributed by atoms with Gasteiger partial charge in [0.15, 0.2) is 4.34 Å². The zero-order valence-corrected chi connectivity index (χ0v) is 11.5. The summed E-state index contributed by atoms with van der Waals surface area (Å²) < 4.78 is 0.776. The van der Waals surface area contributed by atoms with E-state index in [-0.39, 0.29) is 5.75 Å². The molecule has 0 fully saturated rings. The predicted octanol–water partition coefficient (Wildman–Crippen LogP) is 2.10. The van der Waals surface area contributed by atoms with Crippen molar-refractivity contribution in [3.05, 3.63) is 35.7 Å². The van der Waals surface area contributed by atoms with E-state index in [2.05, 4.69) is 4.98 Å². The fraction of sp³-hybridized carbons (Fsp3) is 0.0833. The van der Waals surface area contributed by atoms with Gasteiger partial charge in [-0.2, -0.15) is 0 Å². The molecule has 98 valence electrons. The number of thiazole rings is 1. The average molecular weight is 293 g/mol. The Labute approximate surface area is 118 Å². The van der Waals surface area contributed by atoms with Gasteiger partial charge in [0, 0.05) is 10.9 Å². The molecule has 1 aromatic carbocycles. The number of nitrogens with one attached hydrogen (secondary N) is 1. The molecule has 5 nitrogen and oxygen atoms in total. The summed E-state index contributed by atoms with van der Waals surface area (Å²) in [6.07, 6.45) is 0. The molecule has 0 spiro atoms. The largest absolute Gasteiger partial charge is 0.351 e. The van der Waals surface area contributed by atoms with Gasteiger partial charge in [-0.3, -0.25) is 10.1 Å². The highest BCUT2D eigenvalue weighted by atomic mass is 32.2. The predicted molar refractivity (Wildman–Crippen MR) is 76.0 cm³/mol. The summed E-state index contributed by atoms with van der Waals surface area (Å²) >= 11 is 2.73. The van der Waals surface area contributed by atoms with Crippen LogP contribution in [0, 0.1) is 0 Å². The van der Waals surface area contributed by atoms with E-state index in [1.54, 1.807) is 0 Å². The highest BCUT2D eigenvalue weighted by molar-refractivity contribution is 8.01. The van der Waals surface area contributed by atoms with Crippen molar-refractivity contribution in [2.24, 2.45) is 5.73 Å². The van der Waals surface area contributed by atoms with Crippen molar-refractivity contribution in [2.75, 3.05) is 5.75 Å². The Morgan fingerprint density at radius 1 is 1.32 bits per heavy atom. The number of hydrogen-bond acceptors (Lipinski definition) is 5. The first-order valence-corrected chi connectivity index (χ1v) is 7.24. The van der Waals surface area contributed by atoms with Crippen molar-refractivity contribution in [3.8, 4) is 11.3 Å². The van der Waals surface area contributed by atoms with Gasteiger partial charge in [-0.05, 0) is 0 Å². The Kier molecular flexibility index (Phi) is 4.53. The van der Waals surface area contributed by atoms with Crippen LogP contribution in [0.2, 0.25) is 0 Å². The maximum absolute atomic E-state index is 11.2. The number of benzene rings is 1. The Balaban J connectivity index is 1.95. The van der Waals surface area contributed by atoms with Crippen LogP contribution in [0.1, 0.15) is 0 Å². The second kappa shape index (κ2) is 6.35. The summed E-state index contributed by atoms with van der Waals surface area (Å²) in [6.45, 7) is 0. The molecule has 0 saturated heterocycles. The van der Waals surface area contributed by atoms with Crippen LogP contribution in [0.5, 0.6) is 0 Å². The number of hydrogen-bond donors (Lipinski definition) is 2. The highest BCUT2D eigenvalue weighted by Crippen LogP contribution is 2.27. The van der Waals surface area contributed by atoms with Gasteiger partial charge in [-0.1, -0.05) is 42.1 Å². The molecule has 0 atom stereocenters. The van der Waals surface area contributed by atoms with E-state index >= 15 is 0 Å². The summed E-state index contributed by atoms with van der Waals surface area (Å²) in [4.78, 5) is 26.1. The molecular formula is C12H11N3O2S2. The van der Waals surface area contributed by atoms with Crippen LogP contribution in [0.3, 0.4) is 0 Å². The second-order valence-electron chi connectivity index (χ2n) is 3.57. The number of urea groups is 1. The van der Waals surface area contributed by atoms with E-state index in [0.29, 0.717) is 0 Å². The first kappa shape index (κ1) is 13.6. The third-order valence-corrected chi connectivity index (χ3v) is 4.16. The summed E-state index contributed by atoms with van der Waals surface area (Å²) in [6, 6.07) is 8.95. The Hall–Kier alpha value is -1.86. The number of amides is 3. The van der Waals surface area contributed by atoms with Crippen LogP contribution in [-0.2, 0) is 4.79 Å². The number of nitrogens with two attached hydrogens (primary N) is 1. The molecule has 0 aliphatic heterocycles. The summed E-state index contributed by atoms with van der Waals surface area (Å²) in [5.41, 5.74) is 6.76. The molecule has 0 unspecified atom stereocenters. The molecule has 1 heterocycles. The lowest BCUT2D eigenvalue weighted by molar-refractivity contribution is -0.117. The van der Waals surface area contributed by atoms with Crippen LogP contribution in [-0.4, -0.2) is 22.7 Å². The third kappa shape index (κ3) is 4.08. The number of rotatable bonds is 4. The van der Waals surface area contributed by atoms with Gasteiger partial charge in [-0.25, -0.2) is 9.78 Å². The fourth-order valence-corrected chi connectivity index (χ4v) is 3.00. The van der Waals surface area contributed by atoms with Gasteiger partial charge in [-0.15, -0.1) is 11.3 Å². The number of nitrogens with zero attached hydrogens (tertiary/aromatic N) is 1. The lowest BCUT2D eigenvalue weighted by Crippen LogP contribution is -2.36. The molecule has 2 aromatic rings. The van der Waals surface area contributed by atoms with E-state index in [1.807, 2.05) is 41.0 Å². The van der Waals surface area contributed by atoms with Crippen molar-refractivity contribution in [3.63, 3.8) is 0 Å². The minimum atomic E-state index is -0.838. The fourth-order valence-electron chi connectivity index (χ4n) is 1.37. The van der Waals surface area contributed by atoms with Crippen LogP contribution >= 0.6 is 23.1 Å². The van der Waals surface area contributed by atoms with Gasteiger partial charge in [0.2, 0.25) is 5.91 Å². The van der Waals surface area contributed by atoms with E-state index < -0.39 is 11.9 Å². The monoisotopic (exact) mass is 293 g/mol. The maximum Gasteiger partial charge on any atom is 0.318 e. The van der Waals surface area contributed by atoms with Gasteiger partial charge >= 0.3 is 6.03 Å². The number of primary amides is 1. The molecule has 0 aliphatic carbocycles. The van der Waals surface area contributed by atoms with Crippen LogP contribution in [0.25, 0.3) is 11.3 Å². The normalized spacial score (nSPS) is 10.1. The summed E-state index contributed by atoms with van der Waals surface area (Å²) in [5.74, 6) is -0.307. The first-order chi connectivity index (χ1) is 9.15. The number of thioether (sulfide) groups is 1. The highest BCUT2D eigenvalue weighted by Gasteiger charge is 2.08. The lowest BCUT2D eigenvalue weighted by Gasteiger charge is -1.98. The molecule has 3 N–H and O–H groups in total. The average Bonchev–Trinajstić information content (AvgIpc) is 2.85. The van der Waals surface area contributed by atoms with Crippen LogP contribution in [0.15, 0.2) is 40.1 Å². The quantitative estimate of drug-likeness (QED) is 0.845. The molecular weight excluding hydrogens is 282 g/mol. The maximum atomic E-state index is 11.2. The number of aromatic nitrogens is 1. The van der Waals surface area contributed by atoms with E-state index in [9.17, 15) is 9.59 Å². The zero-order chi connectivity index (χ0) is 13.7. The third-order valence-electron chi connectivity index (χ3n) is 2.14. The second-order valence-corrected chi connectivity index (χ2v) is 5.65. The minimum absolute atomic E-state index is 0.116. The molecule has 1 aromatic heterocycles. The van der Waals surface area contributed by atoms with Gasteiger partial charge in [0.25, 0.3) is 0 Å². The van der Waals surface area contributed by atoms with Crippen LogP contribution in [0.4, 0.5) is 4.79 Å². The zero-order valence-electron chi connectivity index (χ0n) is 9.83. The van der Waals surface area contributed by atoms with Crippen molar-refractivity contribution < 1.29 is 9.59 Å². The van der Waals surface area contributed by atoms with Crippen molar-refractivity contribution in [1.29, 1.82) is 0 Å². The Morgan fingerprint density at radius 3 is 2.74 bits per heavy atom. The molecule has 0 bridgehead atoms. The number of imide groups is 1. The molecule has 3 amide bonds. The van der Waals surface area contributed by atoms with Gasteiger partial charge < -0.3 is 5.73 Å². The first-order valence-electron chi connectivity index (χ1n) is 5.38. The van der Waals surface area contributed by atoms with Crippen molar-refractivity contribution in [2.45, 2.75) is 4.34 Å². The summed E-state index contributed by atoms with van der Waals surface area (Å²) in [7, 11) is 0. The number of carbonyl (C=O) groups is 2. The van der Waals surface area contributed by atoms with E-state index in [4.69, 9.17) is 5.73 Å². The standard InChI is InChI=1S/C12H11N3O2S2/c13-11(17)15-10(16)7-19-12-14-9(6-18-12)8-4-2-1-3-5-8/h1-6H,7H2,(H3,13,15,16,17). The smallest absolute Gasteiger partial charge is 0.318 e. The molecule has 0 saturated carbocycles. The number of carbonyl (C=O) groups excluding carboxylic acids is 2. The Bertz CT molecular complexity index is 584. The molecule has 7 heteroatoms. The molecule has 2 rings (SSSR count). The molecule has 19 heavy (non-hydrogen) atoms. The topological polar surface area (TPSA) is 85.1 Å². The van der Waals surface area contributed by atoms with Gasteiger partial charge in [0.1, 0.15) is 0 Å². The molecule has 0 radical (unpaired) electrons. The lowest BCUT2D eigenvalue weighted by atomic mass is 10.2. The van der Waals surface area contributed by atoms with Crippen molar-refractivity contribution in [1.82, 2.24) is 10.3 Å². The Morgan fingerprint density at radius 2 is 2.05 bits per heavy atom. The SMILES string of the molecule is NC(=O)NC(=O)CSc1nc(-c2ccccc2)cs1.